The first-order valence-corrected chi connectivity index (χ1v) is 5.46. The molecule has 0 amide bonds. The SMILES string of the molecule is COc1ccc(C(=O)O)cc1-c1cnccc1C. The maximum absolute atomic E-state index is 11.0. The smallest absolute Gasteiger partial charge is 0.335 e. The molecule has 0 atom stereocenters. The molecule has 1 N–H and O–H groups in total. The maximum atomic E-state index is 11.0. The van der Waals surface area contributed by atoms with Crippen LogP contribution in [0.3, 0.4) is 0 Å². The van der Waals surface area contributed by atoms with Gasteiger partial charge in [0.05, 0.1) is 12.7 Å². The molecule has 92 valence electrons. The number of carboxylic acid groups (broad SMARTS) is 1. The highest BCUT2D eigenvalue weighted by Crippen LogP contribution is 2.32. The van der Waals surface area contributed by atoms with Gasteiger partial charge in [-0.2, -0.15) is 0 Å². The fourth-order valence-electron chi connectivity index (χ4n) is 1.80. The summed E-state index contributed by atoms with van der Waals surface area (Å²) in [4.78, 5) is 15.1. The highest BCUT2D eigenvalue weighted by atomic mass is 16.5. The molecule has 0 bridgehead atoms. The van der Waals surface area contributed by atoms with Crippen molar-refractivity contribution in [2.24, 2.45) is 0 Å². The lowest BCUT2D eigenvalue weighted by Crippen LogP contribution is -1.98. The summed E-state index contributed by atoms with van der Waals surface area (Å²) in [6.45, 7) is 1.95. The van der Waals surface area contributed by atoms with Gasteiger partial charge in [0.2, 0.25) is 0 Å². The van der Waals surface area contributed by atoms with Gasteiger partial charge in [-0.3, -0.25) is 4.98 Å². The Kier molecular flexibility index (Phi) is 3.28. The Balaban J connectivity index is 2.64. The second kappa shape index (κ2) is 4.87. The largest absolute Gasteiger partial charge is 0.496 e. The van der Waals surface area contributed by atoms with Gasteiger partial charge in [-0.05, 0) is 36.8 Å². The third-order valence-corrected chi connectivity index (χ3v) is 2.78. The van der Waals surface area contributed by atoms with Crippen molar-refractivity contribution in [2.45, 2.75) is 6.92 Å². The van der Waals surface area contributed by atoms with Gasteiger partial charge in [0.15, 0.2) is 0 Å². The molecule has 2 rings (SSSR count). The topological polar surface area (TPSA) is 59.4 Å². The fourth-order valence-corrected chi connectivity index (χ4v) is 1.80. The van der Waals surface area contributed by atoms with Gasteiger partial charge < -0.3 is 9.84 Å². The molecular formula is C14H13NO3. The first-order chi connectivity index (χ1) is 8.63. The molecule has 0 aliphatic carbocycles. The molecule has 0 aliphatic heterocycles. The van der Waals surface area contributed by atoms with E-state index in [1.807, 2.05) is 13.0 Å². The Hall–Kier alpha value is -2.36. The standard InChI is InChI=1S/C14H13NO3/c1-9-5-6-15-8-12(9)11-7-10(14(16)17)3-4-13(11)18-2/h3-8H,1-2H3,(H,16,17). The van der Waals surface area contributed by atoms with Crippen LogP contribution in [0, 0.1) is 6.92 Å². The van der Waals surface area contributed by atoms with E-state index in [0.717, 1.165) is 16.7 Å². The van der Waals surface area contributed by atoms with Crippen LogP contribution < -0.4 is 4.74 Å². The zero-order valence-corrected chi connectivity index (χ0v) is 10.2. The predicted octanol–water partition coefficient (Wildman–Crippen LogP) is 2.76. The number of hydrogen-bond donors (Lipinski definition) is 1. The molecule has 2 aromatic rings. The molecule has 0 spiro atoms. The number of methoxy groups -OCH3 is 1. The Morgan fingerprint density at radius 1 is 1.28 bits per heavy atom. The zero-order valence-electron chi connectivity index (χ0n) is 10.2. The number of aromatic carboxylic acids is 1. The maximum Gasteiger partial charge on any atom is 0.335 e. The van der Waals surface area contributed by atoms with Crippen LogP contribution in [0.1, 0.15) is 15.9 Å². The van der Waals surface area contributed by atoms with Gasteiger partial charge in [0, 0.05) is 23.5 Å². The van der Waals surface area contributed by atoms with Crippen LogP contribution in [-0.4, -0.2) is 23.2 Å². The minimum absolute atomic E-state index is 0.231. The Labute approximate surface area is 105 Å². The van der Waals surface area contributed by atoms with Crippen LogP contribution >= 0.6 is 0 Å². The van der Waals surface area contributed by atoms with E-state index in [-0.39, 0.29) is 5.56 Å². The first-order valence-electron chi connectivity index (χ1n) is 5.46. The van der Waals surface area contributed by atoms with Crippen molar-refractivity contribution in [3.63, 3.8) is 0 Å². The molecule has 0 saturated heterocycles. The van der Waals surface area contributed by atoms with E-state index in [2.05, 4.69) is 4.98 Å². The van der Waals surface area contributed by atoms with Crippen LogP contribution in [0.25, 0.3) is 11.1 Å². The van der Waals surface area contributed by atoms with E-state index in [4.69, 9.17) is 9.84 Å². The van der Waals surface area contributed by atoms with E-state index in [1.54, 1.807) is 31.6 Å². The molecule has 4 nitrogen and oxygen atoms in total. The number of aryl methyl sites for hydroxylation is 1. The highest BCUT2D eigenvalue weighted by molar-refractivity contribution is 5.90. The van der Waals surface area contributed by atoms with Gasteiger partial charge >= 0.3 is 5.97 Å². The summed E-state index contributed by atoms with van der Waals surface area (Å²) in [6, 6.07) is 6.66. The van der Waals surface area contributed by atoms with Crippen molar-refractivity contribution in [3.8, 4) is 16.9 Å². The number of rotatable bonds is 3. The lowest BCUT2D eigenvalue weighted by atomic mass is 10.00. The molecule has 0 aliphatic rings. The molecule has 0 radical (unpaired) electrons. The molecule has 1 heterocycles. The van der Waals surface area contributed by atoms with Crippen molar-refractivity contribution in [1.82, 2.24) is 4.98 Å². The fraction of sp³-hybridized carbons (Fsp3) is 0.143. The van der Waals surface area contributed by atoms with E-state index in [9.17, 15) is 4.79 Å². The second-order valence-electron chi connectivity index (χ2n) is 3.91. The van der Waals surface area contributed by atoms with Crippen LogP contribution in [0.4, 0.5) is 0 Å². The Morgan fingerprint density at radius 2 is 2.06 bits per heavy atom. The minimum Gasteiger partial charge on any atom is -0.496 e. The second-order valence-corrected chi connectivity index (χ2v) is 3.91. The summed E-state index contributed by atoms with van der Waals surface area (Å²) in [5, 5.41) is 9.03. The number of ether oxygens (including phenoxy) is 1. The highest BCUT2D eigenvalue weighted by Gasteiger charge is 2.12. The zero-order chi connectivity index (χ0) is 13.1. The van der Waals surface area contributed by atoms with Crippen LogP contribution in [0.5, 0.6) is 5.75 Å². The van der Waals surface area contributed by atoms with Crippen molar-refractivity contribution in [1.29, 1.82) is 0 Å². The molecule has 18 heavy (non-hydrogen) atoms. The van der Waals surface area contributed by atoms with Crippen molar-refractivity contribution in [2.75, 3.05) is 7.11 Å². The number of aromatic nitrogens is 1. The average molecular weight is 243 g/mol. The molecule has 0 unspecified atom stereocenters. The number of carboxylic acids is 1. The molecule has 4 heteroatoms. The van der Waals surface area contributed by atoms with Crippen molar-refractivity contribution >= 4 is 5.97 Å². The first kappa shape index (κ1) is 12.1. The number of nitrogens with zero attached hydrogens (tertiary/aromatic N) is 1. The van der Waals surface area contributed by atoms with Crippen LogP contribution in [0.15, 0.2) is 36.7 Å². The lowest BCUT2D eigenvalue weighted by Gasteiger charge is -2.11. The van der Waals surface area contributed by atoms with E-state index < -0.39 is 5.97 Å². The quantitative estimate of drug-likeness (QED) is 0.900. The number of hydrogen-bond acceptors (Lipinski definition) is 3. The van der Waals surface area contributed by atoms with Gasteiger partial charge in [-0.15, -0.1) is 0 Å². The predicted molar refractivity (Wildman–Crippen MR) is 67.9 cm³/mol. The summed E-state index contributed by atoms with van der Waals surface area (Å²) < 4.78 is 5.27. The van der Waals surface area contributed by atoms with Gasteiger partial charge in [-0.1, -0.05) is 0 Å². The molecule has 0 fully saturated rings. The van der Waals surface area contributed by atoms with E-state index in [0.29, 0.717) is 5.75 Å². The van der Waals surface area contributed by atoms with Crippen LogP contribution in [0.2, 0.25) is 0 Å². The molecule has 1 aromatic heterocycles. The summed E-state index contributed by atoms with van der Waals surface area (Å²) in [7, 11) is 1.56. The van der Waals surface area contributed by atoms with Gasteiger partial charge in [0.25, 0.3) is 0 Å². The summed E-state index contributed by atoms with van der Waals surface area (Å²) >= 11 is 0. The number of carbonyl (C=O) groups is 1. The van der Waals surface area contributed by atoms with E-state index >= 15 is 0 Å². The van der Waals surface area contributed by atoms with E-state index in [1.165, 1.54) is 6.07 Å². The Bertz CT molecular complexity index is 593. The minimum atomic E-state index is -0.958. The van der Waals surface area contributed by atoms with Gasteiger partial charge in [-0.25, -0.2) is 4.79 Å². The normalized spacial score (nSPS) is 10.1. The van der Waals surface area contributed by atoms with Crippen LogP contribution in [-0.2, 0) is 0 Å². The summed E-state index contributed by atoms with van der Waals surface area (Å²) in [5.74, 6) is -0.323. The number of pyridine rings is 1. The summed E-state index contributed by atoms with van der Waals surface area (Å²) in [5.41, 5.74) is 2.86. The average Bonchev–Trinajstić information content (AvgIpc) is 2.38. The van der Waals surface area contributed by atoms with Crippen molar-refractivity contribution < 1.29 is 14.6 Å². The Morgan fingerprint density at radius 3 is 2.67 bits per heavy atom. The molecular weight excluding hydrogens is 230 g/mol. The summed E-state index contributed by atoms with van der Waals surface area (Å²) in [6.07, 6.45) is 3.41. The third kappa shape index (κ3) is 2.18. The lowest BCUT2D eigenvalue weighted by molar-refractivity contribution is 0.0697. The third-order valence-electron chi connectivity index (χ3n) is 2.78. The monoisotopic (exact) mass is 243 g/mol. The molecule has 0 saturated carbocycles. The molecule has 1 aromatic carbocycles. The van der Waals surface area contributed by atoms with Gasteiger partial charge in [0.1, 0.15) is 5.75 Å². The number of benzene rings is 1. The van der Waals surface area contributed by atoms with Crippen molar-refractivity contribution in [3.05, 3.63) is 47.8 Å².